The number of hydrogen-bond acceptors (Lipinski definition) is 5. The van der Waals surface area contributed by atoms with Gasteiger partial charge in [-0.3, -0.25) is 0 Å². The van der Waals surface area contributed by atoms with Gasteiger partial charge in [0.1, 0.15) is 11.3 Å². The Morgan fingerprint density at radius 2 is 2.12 bits per heavy atom. The lowest BCUT2D eigenvalue weighted by molar-refractivity contribution is 0.0667. The molecule has 1 saturated carbocycles. The second-order valence-electron chi connectivity index (χ2n) is 6.95. The summed E-state index contributed by atoms with van der Waals surface area (Å²) < 4.78 is 11.0. The van der Waals surface area contributed by atoms with E-state index in [1.165, 1.54) is 0 Å². The maximum absolute atomic E-state index is 11.9. The SMILES string of the molecule is C[C@H](Sc1ccc2c(c1C(=O)O)OB(O)[C@@H]1CC21)C1CCOCC1. The van der Waals surface area contributed by atoms with E-state index in [4.69, 9.17) is 9.39 Å². The Kier molecular flexibility index (Phi) is 4.27. The minimum atomic E-state index is -0.986. The van der Waals surface area contributed by atoms with Crippen LogP contribution in [0.2, 0.25) is 5.82 Å². The molecule has 2 fully saturated rings. The molecule has 5 nitrogen and oxygen atoms in total. The van der Waals surface area contributed by atoms with E-state index in [2.05, 4.69) is 6.92 Å². The Balaban J connectivity index is 1.63. The lowest BCUT2D eigenvalue weighted by Gasteiger charge is -2.28. The van der Waals surface area contributed by atoms with Gasteiger partial charge in [-0.1, -0.05) is 13.0 Å². The molecule has 3 atom stereocenters. The summed E-state index contributed by atoms with van der Waals surface area (Å²) in [7, 11) is -0.881. The van der Waals surface area contributed by atoms with Crippen LogP contribution < -0.4 is 4.65 Å². The molecule has 0 bridgehead atoms. The van der Waals surface area contributed by atoms with Crippen molar-refractivity contribution in [3.63, 3.8) is 0 Å². The average molecular weight is 348 g/mol. The van der Waals surface area contributed by atoms with E-state index in [1.54, 1.807) is 11.8 Å². The topological polar surface area (TPSA) is 76.0 Å². The van der Waals surface area contributed by atoms with Crippen molar-refractivity contribution in [3.05, 3.63) is 23.3 Å². The fourth-order valence-corrected chi connectivity index (χ4v) is 5.19. The normalized spacial score (nSPS) is 27.0. The Morgan fingerprint density at radius 1 is 1.38 bits per heavy atom. The van der Waals surface area contributed by atoms with Gasteiger partial charge in [-0.05, 0) is 42.7 Å². The Morgan fingerprint density at radius 3 is 2.83 bits per heavy atom. The van der Waals surface area contributed by atoms with Gasteiger partial charge in [0.2, 0.25) is 0 Å². The van der Waals surface area contributed by atoms with Crippen molar-refractivity contribution in [2.24, 2.45) is 5.92 Å². The fourth-order valence-electron chi connectivity index (χ4n) is 3.88. The third-order valence-corrected chi connectivity index (χ3v) is 6.80. The van der Waals surface area contributed by atoms with Gasteiger partial charge in [-0.2, -0.15) is 0 Å². The largest absolute Gasteiger partial charge is 0.535 e. The molecule has 2 heterocycles. The Labute approximate surface area is 145 Å². The summed E-state index contributed by atoms with van der Waals surface area (Å²) in [5, 5.41) is 20.1. The summed E-state index contributed by atoms with van der Waals surface area (Å²) in [6.07, 6.45) is 2.90. The van der Waals surface area contributed by atoms with Crippen molar-refractivity contribution in [1.29, 1.82) is 0 Å². The van der Waals surface area contributed by atoms with Gasteiger partial charge in [-0.15, -0.1) is 11.8 Å². The number of carbonyl (C=O) groups is 1. The first kappa shape index (κ1) is 16.3. The van der Waals surface area contributed by atoms with Crippen LogP contribution in [0.5, 0.6) is 5.75 Å². The van der Waals surface area contributed by atoms with Gasteiger partial charge in [0.05, 0.1) is 0 Å². The standard InChI is InChI=1S/C17H21BO5S/c1-9(10-4-6-22-7-5-10)24-14-3-2-11-12-8-13(12)18(21)23-16(11)15(14)17(19)20/h2-3,9-10,12-13,21H,4-8H2,1H3,(H,19,20)/t9-,12?,13+/m0/s1. The van der Waals surface area contributed by atoms with E-state index >= 15 is 0 Å². The first-order valence-electron chi connectivity index (χ1n) is 8.55. The summed E-state index contributed by atoms with van der Waals surface area (Å²) in [5.41, 5.74) is 1.14. The molecular weight excluding hydrogens is 327 g/mol. The molecule has 7 heteroatoms. The number of aromatic carboxylic acids is 1. The van der Waals surface area contributed by atoms with E-state index in [1.807, 2.05) is 12.1 Å². The summed E-state index contributed by atoms with van der Waals surface area (Å²) in [5.74, 6) is 0.283. The summed E-state index contributed by atoms with van der Waals surface area (Å²) in [6.45, 7) is 3.71. The van der Waals surface area contributed by atoms with Crippen molar-refractivity contribution < 1.29 is 24.3 Å². The van der Waals surface area contributed by atoms with Crippen molar-refractivity contribution in [1.82, 2.24) is 0 Å². The van der Waals surface area contributed by atoms with Crippen molar-refractivity contribution in [2.75, 3.05) is 13.2 Å². The molecule has 3 aliphatic rings. The summed E-state index contributed by atoms with van der Waals surface area (Å²) >= 11 is 1.60. The molecule has 0 amide bonds. The van der Waals surface area contributed by atoms with Gasteiger partial charge in [0.15, 0.2) is 0 Å². The van der Waals surface area contributed by atoms with Crippen LogP contribution in [0, 0.1) is 5.92 Å². The highest BCUT2D eigenvalue weighted by Crippen LogP contribution is 2.60. The van der Waals surface area contributed by atoms with E-state index in [9.17, 15) is 14.9 Å². The second-order valence-corrected chi connectivity index (χ2v) is 8.37. The number of benzene rings is 1. The first-order chi connectivity index (χ1) is 11.6. The lowest BCUT2D eigenvalue weighted by Crippen LogP contribution is -2.28. The van der Waals surface area contributed by atoms with Crippen LogP contribution in [0.25, 0.3) is 0 Å². The van der Waals surface area contributed by atoms with Crippen LogP contribution in [0.15, 0.2) is 17.0 Å². The zero-order chi connectivity index (χ0) is 16.8. The molecule has 1 aromatic rings. The molecule has 0 spiro atoms. The zero-order valence-corrected chi connectivity index (χ0v) is 14.4. The first-order valence-corrected chi connectivity index (χ1v) is 9.43. The highest BCUT2D eigenvalue weighted by molar-refractivity contribution is 8.00. The van der Waals surface area contributed by atoms with Gasteiger partial charge >= 0.3 is 13.1 Å². The van der Waals surface area contributed by atoms with Crippen LogP contribution in [-0.2, 0) is 4.74 Å². The number of carboxylic acid groups (broad SMARTS) is 1. The van der Waals surface area contributed by atoms with Crippen LogP contribution in [0.3, 0.4) is 0 Å². The molecule has 0 radical (unpaired) electrons. The molecule has 128 valence electrons. The third-order valence-electron chi connectivity index (χ3n) is 5.45. The predicted molar refractivity (Wildman–Crippen MR) is 92.0 cm³/mol. The van der Waals surface area contributed by atoms with Crippen LogP contribution in [0.4, 0.5) is 0 Å². The molecule has 2 N–H and O–H groups in total. The quantitative estimate of drug-likeness (QED) is 0.644. The number of carboxylic acids is 1. The fraction of sp³-hybridized carbons (Fsp3) is 0.588. The average Bonchev–Trinajstić information content (AvgIpc) is 3.36. The number of hydrogen-bond donors (Lipinski definition) is 2. The molecule has 1 aromatic carbocycles. The molecule has 0 aromatic heterocycles. The minimum Gasteiger partial charge on any atom is -0.535 e. The highest BCUT2D eigenvalue weighted by Gasteiger charge is 2.54. The lowest BCUT2D eigenvalue weighted by atomic mass is 9.77. The van der Waals surface area contributed by atoms with Crippen molar-refractivity contribution in [3.8, 4) is 5.75 Å². The van der Waals surface area contributed by atoms with Gasteiger partial charge in [0.25, 0.3) is 0 Å². The molecule has 4 rings (SSSR count). The van der Waals surface area contributed by atoms with E-state index in [0.29, 0.717) is 16.9 Å². The molecule has 2 aliphatic heterocycles. The maximum atomic E-state index is 11.9. The molecule has 1 aliphatic carbocycles. The molecule has 1 unspecified atom stereocenters. The van der Waals surface area contributed by atoms with E-state index in [0.717, 1.165) is 42.9 Å². The van der Waals surface area contributed by atoms with Crippen LogP contribution >= 0.6 is 11.8 Å². The monoisotopic (exact) mass is 348 g/mol. The summed E-state index contributed by atoms with van der Waals surface area (Å²) in [4.78, 5) is 12.6. The maximum Gasteiger partial charge on any atom is 0.526 e. The number of fused-ring (bicyclic) bond motifs is 3. The van der Waals surface area contributed by atoms with Crippen LogP contribution in [-0.4, -0.2) is 41.7 Å². The highest BCUT2D eigenvalue weighted by atomic mass is 32.2. The molecule has 24 heavy (non-hydrogen) atoms. The number of ether oxygens (including phenoxy) is 1. The summed E-state index contributed by atoms with van der Waals surface area (Å²) in [6, 6.07) is 3.90. The third kappa shape index (κ3) is 2.83. The Bertz CT molecular complexity index is 661. The van der Waals surface area contributed by atoms with Crippen LogP contribution in [0.1, 0.15) is 48.0 Å². The van der Waals surface area contributed by atoms with Crippen molar-refractivity contribution >= 4 is 24.8 Å². The predicted octanol–water partition coefficient (Wildman–Crippen LogP) is 3.02. The minimum absolute atomic E-state index is 0.124. The van der Waals surface area contributed by atoms with E-state index < -0.39 is 13.1 Å². The van der Waals surface area contributed by atoms with Crippen molar-refractivity contribution in [2.45, 2.75) is 48.1 Å². The number of thioether (sulfide) groups is 1. The number of rotatable bonds is 4. The smallest absolute Gasteiger partial charge is 0.526 e. The zero-order valence-electron chi connectivity index (χ0n) is 13.6. The van der Waals surface area contributed by atoms with Gasteiger partial charge in [-0.25, -0.2) is 4.79 Å². The van der Waals surface area contributed by atoms with Gasteiger partial charge in [0, 0.05) is 29.2 Å². The van der Waals surface area contributed by atoms with Gasteiger partial charge < -0.3 is 19.5 Å². The van der Waals surface area contributed by atoms with E-state index in [-0.39, 0.29) is 17.3 Å². The Hall–Kier alpha value is -1.18. The molecular formula is C17H21BO5S. The second kappa shape index (κ2) is 6.28. The molecule has 1 saturated heterocycles.